The van der Waals surface area contributed by atoms with Crippen LogP contribution in [0, 0.1) is 0 Å². The summed E-state index contributed by atoms with van der Waals surface area (Å²) in [5.74, 6) is 0.357. The average Bonchev–Trinajstić information content (AvgIpc) is 3.55. The zero-order chi connectivity index (χ0) is 26.5. The lowest BCUT2D eigenvalue weighted by atomic mass is 10.2. The summed E-state index contributed by atoms with van der Waals surface area (Å²) in [4.78, 5) is 32.3. The second-order valence-electron chi connectivity index (χ2n) is 9.00. The van der Waals surface area contributed by atoms with Crippen molar-refractivity contribution in [2.24, 2.45) is 9.98 Å². The Bertz CT molecular complexity index is 1240. The maximum Gasteiger partial charge on any atom is 0.361 e. The molecule has 0 radical (unpaired) electrons. The standard InChI is InChI=1S/C26H33N7O3S2/c1-4-31(5-2)20-8-6-19(7-9-20)28-24-21(29-25(38-24)32-10-14-35-15-11-32)22-23(27-18(3)34)30-26(37-22)33-12-16-36-17-13-33/h6-9H,4-5,10-17H2,1-3H3/p+1. The Labute approximate surface area is 231 Å². The summed E-state index contributed by atoms with van der Waals surface area (Å²) in [6.07, 6.45) is 0. The van der Waals surface area contributed by atoms with Crippen LogP contribution in [0.15, 0.2) is 34.3 Å². The van der Waals surface area contributed by atoms with Gasteiger partial charge in [-0.05, 0) is 43.1 Å². The van der Waals surface area contributed by atoms with E-state index in [4.69, 9.17) is 24.4 Å². The van der Waals surface area contributed by atoms with Gasteiger partial charge in [-0.25, -0.2) is 14.6 Å². The molecule has 202 valence electrons. The predicted molar refractivity (Wildman–Crippen MR) is 156 cm³/mol. The molecule has 2 aromatic rings. The highest BCUT2D eigenvalue weighted by atomic mass is 32.2. The number of aromatic nitrogens is 1. The molecule has 0 bridgehead atoms. The number of thiazole rings is 1. The van der Waals surface area contributed by atoms with Gasteiger partial charge in [0.2, 0.25) is 11.6 Å². The van der Waals surface area contributed by atoms with Gasteiger partial charge in [0.05, 0.1) is 32.1 Å². The summed E-state index contributed by atoms with van der Waals surface area (Å²) in [6.45, 7) is 13.5. The average molecular weight is 557 g/mol. The number of carbonyl (C=O) groups excluding carboxylic acids is 1. The van der Waals surface area contributed by atoms with Crippen LogP contribution in [0.3, 0.4) is 0 Å². The van der Waals surface area contributed by atoms with E-state index in [1.165, 1.54) is 23.9 Å². The lowest BCUT2D eigenvalue weighted by Crippen LogP contribution is -2.36. The van der Waals surface area contributed by atoms with Crippen molar-refractivity contribution in [1.29, 1.82) is 0 Å². The summed E-state index contributed by atoms with van der Waals surface area (Å²) >= 11 is 3.10. The van der Waals surface area contributed by atoms with Crippen molar-refractivity contribution in [1.82, 2.24) is 4.98 Å². The molecule has 0 unspecified atom stereocenters. The molecule has 0 atom stereocenters. The van der Waals surface area contributed by atoms with Crippen LogP contribution in [0.25, 0.3) is 0 Å². The number of thioether (sulfide) groups is 1. The van der Waals surface area contributed by atoms with Crippen molar-refractivity contribution in [2.75, 3.05) is 80.8 Å². The molecule has 1 N–H and O–H groups in total. The first kappa shape index (κ1) is 26.8. The van der Waals surface area contributed by atoms with Crippen LogP contribution in [0.4, 0.5) is 22.3 Å². The molecule has 1 amide bonds. The Morgan fingerprint density at radius 2 is 1.79 bits per heavy atom. The van der Waals surface area contributed by atoms with Crippen molar-refractivity contribution in [3.8, 4) is 0 Å². The van der Waals surface area contributed by atoms with Crippen LogP contribution < -0.4 is 15.1 Å². The van der Waals surface area contributed by atoms with Gasteiger partial charge in [-0.1, -0.05) is 11.3 Å². The fourth-order valence-corrected chi connectivity index (χ4v) is 6.61. The van der Waals surface area contributed by atoms with E-state index in [-0.39, 0.29) is 5.91 Å². The van der Waals surface area contributed by atoms with Crippen LogP contribution in [-0.4, -0.2) is 97.1 Å². The van der Waals surface area contributed by atoms with Gasteiger partial charge >= 0.3 is 5.17 Å². The Kier molecular flexibility index (Phi) is 8.72. The molecule has 2 fully saturated rings. The van der Waals surface area contributed by atoms with E-state index in [0.29, 0.717) is 32.2 Å². The number of nitrogens with one attached hydrogen (secondary N) is 1. The predicted octanol–water partition coefficient (Wildman–Crippen LogP) is 3.45. The number of ether oxygens (including phenoxy) is 2. The topological polar surface area (TPSA) is 94.7 Å². The molecule has 1 aromatic heterocycles. The zero-order valence-electron chi connectivity index (χ0n) is 22.1. The highest BCUT2D eigenvalue weighted by molar-refractivity contribution is 8.28. The monoisotopic (exact) mass is 556 g/mol. The summed E-state index contributed by atoms with van der Waals surface area (Å²) < 4.78 is 13.3. The van der Waals surface area contributed by atoms with E-state index in [1.54, 1.807) is 11.8 Å². The number of hydrogen-bond donors (Lipinski definition) is 1. The van der Waals surface area contributed by atoms with Crippen molar-refractivity contribution in [2.45, 2.75) is 20.8 Å². The molecule has 0 aliphatic carbocycles. The van der Waals surface area contributed by atoms with Crippen LogP contribution >= 0.6 is 23.1 Å². The number of aliphatic imine (C=N–C) groups is 2. The Hall–Kier alpha value is -2.80. The van der Waals surface area contributed by atoms with E-state index in [9.17, 15) is 4.79 Å². The summed E-state index contributed by atoms with van der Waals surface area (Å²) in [5.41, 5.74) is 2.78. The van der Waals surface area contributed by atoms with Gasteiger partial charge < -0.3 is 24.6 Å². The van der Waals surface area contributed by atoms with E-state index in [1.807, 2.05) is 12.1 Å². The minimum absolute atomic E-state index is 0.167. The van der Waals surface area contributed by atoms with Crippen LogP contribution in [-0.2, 0) is 14.3 Å². The molecule has 38 heavy (non-hydrogen) atoms. The van der Waals surface area contributed by atoms with E-state index < -0.39 is 0 Å². The van der Waals surface area contributed by atoms with Gasteiger partial charge in [0.25, 0.3) is 0 Å². The fraction of sp³-hybridized carbons (Fsp3) is 0.500. The minimum atomic E-state index is -0.167. The number of amidine groups is 1. The van der Waals surface area contributed by atoms with Crippen molar-refractivity contribution in [3.63, 3.8) is 0 Å². The maximum atomic E-state index is 12.1. The maximum absolute atomic E-state index is 12.1. The molecule has 10 nitrogen and oxygen atoms in total. The third kappa shape index (κ3) is 6.09. The molecule has 3 aliphatic rings. The number of hydrogen-bond acceptors (Lipinski definition) is 9. The first-order valence-electron chi connectivity index (χ1n) is 13.1. The van der Waals surface area contributed by atoms with E-state index >= 15 is 0 Å². The van der Waals surface area contributed by atoms with Crippen LogP contribution in [0.1, 0.15) is 25.6 Å². The SMILES string of the molecule is CCN(CC)c1ccc(N=C2SC(=[N+]3CCOCC3)N=C2c2sc(N3CCOCC3)nc2NC(C)=O)cc1. The highest BCUT2D eigenvalue weighted by Crippen LogP contribution is 2.36. The second kappa shape index (κ2) is 12.4. The normalized spacial score (nSPS) is 19.2. The number of benzene rings is 1. The Morgan fingerprint density at radius 1 is 1.11 bits per heavy atom. The van der Waals surface area contributed by atoms with Crippen molar-refractivity contribution < 1.29 is 18.8 Å². The molecule has 4 heterocycles. The third-order valence-corrected chi connectivity index (χ3v) is 8.63. The Morgan fingerprint density at radius 3 is 2.45 bits per heavy atom. The van der Waals surface area contributed by atoms with Gasteiger partial charge in [-0.3, -0.25) is 4.79 Å². The largest absolute Gasteiger partial charge is 0.378 e. The number of anilines is 3. The molecule has 1 aromatic carbocycles. The first-order valence-corrected chi connectivity index (χ1v) is 14.7. The second-order valence-corrected chi connectivity index (χ2v) is 10.9. The number of nitrogens with zero attached hydrogens (tertiary/aromatic N) is 6. The molecular formula is C26H34N7O3S2+. The number of carbonyl (C=O) groups is 1. The Balaban J connectivity index is 1.55. The number of morpholine rings is 2. The highest BCUT2D eigenvalue weighted by Gasteiger charge is 2.38. The molecule has 2 saturated heterocycles. The molecule has 5 rings (SSSR count). The molecule has 3 aliphatic heterocycles. The quantitative estimate of drug-likeness (QED) is 0.522. The van der Waals surface area contributed by atoms with Gasteiger partial charge in [-0.15, -0.1) is 0 Å². The van der Waals surface area contributed by atoms with Crippen molar-refractivity contribution in [3.05, 3.63) is 29.1 Å². The first-order chi connectivity index (χ1) is 18.6. The van der Waals surface area contributed by atoms with Crippen LogP contribution in [0.5, 0.6) is 0 Å². The van der Waals surface area contributed by atoms with Gasteiger partial charge in [0, 0.05) is 50.6 Å². The molecule has 0 saturated carbocycles. The summed E-state index contributed by atoms with van der Waals surface area (Å²) in [6, 6.07) is 8.32. The smallest absolute Gasteiger partial charge is 0.361 e. The number of rotatable bonds is 7. The zero-order valence-corrected chi connectivity index (χ0v) is 23.7. The van der Waals surface area contributed by atoms with Crippen LogP contribution in [0.2, 0.25) is 0 Å². The van der Waals surface area contributed by atoms with Gasteiger partial charge in [0.1, 0.15) is 18.0 Å². The van der Waals surface area contributed by atoms with E-state index in [0.717, 1.165) is 70.9 Å². The summed E-state index contributed by atoms with van der Waals surface area (Å²) in [7, 11) is 0. The molecular weight excluding hydrogens is 522 g/mol. The van der Waals surface area contributed by atoms with E-state index in [2.05, 4.69) is 45.7 Å². The lowest BCUT2D eigenvalue weighted by Gasteiger charge is -2.25. The molecule has 0 spiro atoms. The summed E-state index contributed by atoms with van der Waals surface area (Å²) in [5, 5.41) is 5.48. The lowest BCUT2D eigenvalue weighted by molar-refractivity contribution is -0.547. The number of amides is 1. The van der Waals surface area contributed by atoms with Crippen molar-refractivity contribution >= 4 is 67.3 Å². The van der Waals surface area contributed by atoms with Gasteiger partial charge in [0.15, 0.2) is 16.0 Å². The minimum Gasteiger partial charge on any atom is -0.378 e. The third-order valence-electron chi connectivity index (χ3n) is 6.50. The fourth-order valence-electron chi connectivity index (χ4n) is 4.47. The van der Waals surface area contributed by atoms with Gasteiger partial charge in [-0.2, -0.15) is 0 Å². The molecule has 12 heteroatoms.